The molecule has 0 aromatic rings. The Morgan fingerprint density at radius 3 is 2.10 bits per heavy atom. The number of rotatable bonds is 7. The van der Waals surface area contributed by atoms with Crippen LogP contribution in [-0.4, -0.2) is 36.6 Å². The summed E-state index contributed by atoms with van der Waals surface area (Å²) in [6, 6.07) is 0.693. The van der Waals surface area contributed by atoms with E-state index in [1.807, 2.05) is 0 Å². The molecule has 0 aromatic carbocycles. The average molecular weight is 297 g/mol. The molecule has 1 unspecified atom stereocenters. The second-order valence-corrected chi connectivity index (χ2v) is 9.06. The van der Waals surface area contributed by atoms with Crippen LogP contribution in [0.25, 0.3) is 0 Å². The van der Waals surface area contributed by atoms with Gasteiger partial charge in [0.1, 0.15) is 0 Å². The Bertz CT molecular complexity index is 284. The molecule has 0 radical (unpaired) electrons. The maximum Gasteiger partial charge on any atom is 0.00967 e. The van der Waals surface area contributed by atoms with E-state index in [2.05, 4.69) is 58.8 Å². The number of nitrogens with one attached hydrogen (secondary N) is 1. The Balaban J connectivity index is 2.64. The molecule has 2 nitrogen and oxygen atoms in total. The van der Waals surface area contributed by atoms with Crippen LogP contribution >= 0.6 is 0 Å². The van der Waals surface area contributed by atoms with E-state index in [1.54, 1.807) is 0 Å². The van der Waals surface area contributed by atoms with E-state index < -0.39 is 0 Å². The smallest absolute Gasteiger partial charge is 0.00967 e. The van der Waals surface area contributed by atoms with Gasteiger partial charge in [0.05, 0.1) is 0 Å². The molecule has 1 aliphatic rings. The van der Waals surface area contributed by atoms with Crippen molar-refractivity contribution in [2.75, 3.05) is 20.1 Å². The van der Waals surface area contributed by atoms with Gasteiger partial charge in [-0.15, -0.1) is 0 Å². The topological polar surface area (TPSA) is 15.3 Å². The van der Waals surface area contributed by atoms with E-state index in [1.165, 1.54) is 51.6 Å². The summed E-state index contributed by atoms with van der Waals surface area (Å²) in [7, 11) is 2.33. The monoisotopic (exact) mass is 296 g/mol. The largest absolute Gasteiger partial charge is 0.311 e. The Hall–Kier alpha value is -0.0800. The molecule has 0 bridgehead atoms. The van der Waals surface area contributed by atoms with Crippen molar-refractivity contribution in [2.24, 2.45) is 11.3 Å². The molecule has 21 heavy (non-hydrogen) atoms. The summed E-state index contributed by atoms with van der Waals surface area (Å²) in [6.45, 7) is 16.4. The lowest BCUT2D eigenvalue weighted by molar-refractivity contribution is 0.0846. The van der Waals surface area contributed by atoms with Crippen molar-refractivity contribution in [3.63, 3.8) is 0 Å². The van der Waals surface area contributed by atoms with E-state index in [4.69, 9.17) is 0 Å². The summed E-state index contributed by atoms with van der Waals surface area (Å²) in [5, 5.41) is 3.79. The fraction of sp³-hybridized carbons (Fsp3) is 1.00. The van der Waals surface area contributed by atoms with Crippen molar-refractivity contribution in [1.82, 2.24) is 10.2 Å². The third kappa shape index (κ3) is 7.15. The summed E-state index contributed by atoms with van der Waals surface area (Å²) in [6.07, 6.45) is 8.36. The molecule has 0 aromatic heterocycles. The van der Waals surface area contributed by atoms with Crippen molar-refractivity contribution >= 4 is 0 Å². The maximum absolute atomic E-state index is 3.79. The Morgan fingerprint density at radius 2 is 1.62 bits per heavy atom. The van der Waals surface area contributed by atoms with Crippen LogP contribution in [0.2, 0.25) is 0 Å². The van der Waals surface area contributed by atoms with Crippen molar-refractivity contribution in [2.45, 2.75) is 91.6 Å². The van der Waals surface area contributed by atoms with Crippen LogP contribution in [0.5, 0.6) is 0 Å². The van der Waals surface area contributed by atoms with E-state index >= 15 is 0 Å². The standard InChI is InChI=1S/C19H40N2/c1-16(2)13-17(3)21(7)15-19(11-9-8-10-12-19)14-20-18(4,5)6/h16-17,20H,8-15H2,1-7H3. The first kappa shape index (κ1) is 19.0. The molecule has 2 heteroatoms. The third-order valence-corrected chi connectivity index (χ3v) is 5.06. The summed E-state index contributed by atoms with van der Waals surface area (Å²) in [5.41, 5.74) is 0.720. The molecule has 0 amide bonds. The second-order valence-electron chi connectivity index (χ2n) is 9.06. The summed E-state index contributed by atoms with van der Waals surface area (Å²) in [4.78, 5) is 2.62. The molecule has 1 N–H and O–H groups in total. The van der Waals surface area contributed by atoms with Gasteiger partial charge in [-0.3, -0.25) is 0 Å². The van der Waals surface area contributed by atoms with E-state index in [-0.39, 0.29) is 5.54 Å². The lowest BCUT2D eigenvalue weighted by Gasteiger charge is -2.43. The first-order chi connectivity index (χ1) is 9.64. The molecule has 1 aliphatic carbocycles. The molecule has 0 aliphatic heterocycles. The van der Waals surface area contributed by atoms with Crippen molar-refractivity contribution in [3.8, 4) is 0 Å². The van der Waals surface area contributed by atoms with E-state index in [0.29, 0.717) is 11.5 Å². The van der Waals surface area contributed by atoms with Crippen molar-refractivity contribution in [3.05, 3.63) is 0 Å². The van der Waals surface area contributed by atoms with Crippen LogP contribution in [0, 0.1) is 11.3 Å². The fourth-order valence-electron chi connectivity index (χ4n) is 3.69. The highest BCUT2D eigenvalue weighted by molar-refractivity contribution is 4.90. The van der Waals surface area contributed by atoms with Gasteiger partial charge in [-0.1, -0.05) is 33.1 Å². The summed E-state index contributed by atoms with van der Waals surface area (Å²) >= 11 is 0. The highest BCUT2D eigenvalue weighted by Crippen LogP contribution is 2.37. The Labute approximate surface area is 134 Å². The van der Waals surface area contributed by atoms with Gasteiger partial charge in [0.2, 0.25) is 0 Å². The third-order valence-electron chi connectivity index (χ3n) is 5.06. The highest BCUT2D eigenvalue weighted by Gasteiger charge is 2.34. The van der Waals surface area contributed by atoms with Crippen LogP contribution in [0.1, 0.15) is 80.1 Å². The normalized spacial score (nSPS) is 21.0. The molecule has 0 saturated heterocycles. The maximum atomic E-state index is 3.79. The van der Waals surface area contributed by atoms with E-state index in [0.717, 1.165) is 5.92 Å². The predicted octanol–water partition coefficient (Wildman–Crippen LogP) is 4.69. The molecule has 1 atom stereocenters. The zero-order valence-electron chi connectivity index (χ0n) is 15.8. The zero-order chi connectivity index (χ0) is 16.1. The van der Waals surface area contributed by atoms with E-state index in [9.17, 15) is 0 Å². The molecular formula is C19H40N2. The van der Waals surface area contributed by atoms with Crippen LogP contribution in [0.15, 0.2) is 0 Å². The zero-order valence-corrected chi connectivity index (χ0v) is 15.8. The van der Waals surface area contributed by atoms with Gasteiger partial charge in [-0.2, -0.15) is 0 Å². The minimum absolute atomic E-state index is 0.229. The summed E-state index contributed by atoms with van der Waals surface area (Å²) in [5.74, 6) is 0.789. The Kier molecular flexibility index (Phi) is 7.19. The van der Waals surface area contributed by atoms with Crippen LogP contribution < -0.4 is 5.32 Å². The average Bonchev–Trinajstić information content (AvgIpc) is 2.36. The van der Waals surface area contributed by atoms with Gasteiger partial charge >= 0.3 is 0 Å². The fourth-order valence-corrected chi connectivity index (χ4v) is 3.69. The first-order valence-corrected chi connectivity index (χ1v) is 9.09. The highest BCUT2D eigenvalue weighted by atomic mass is 15.1. The second kappa shape index (κ2) is 7.97. The lowest BCUT2D eigenvalue weighted by Crippen LogP contribution is -2.50. The number of hydrogen-bond acceptors (Lipinski definition) is 2. The Morgan fingerprint density at radius 1 is 1.05 bits per heavy atom. The van der Waals surface area contributed by atoms with Crippen LogP contribution in [-0.2, 0) is 0 Å². The minimum Gasteiger partial charge on any atom is -0.311 e. The SMILES string of the molecule is CC(C)CC(C)N(C)CC1(CNC(C)(C)C)CCCCC1. The van der Waals surface area contributed by atoms with Crippen molar-refractivity contribution in [1.29, 1.82) is 0 Å². The molecule has 1 fully saturated rings. The van der Waals surface area contributed by atoms with Crippen molar-refractivity contribution < 1.29 is 0 Å². The van der Waals surface area contributed by atoms with Crippen LogP contribution in [0.3, 0.4) is 0 Å². The molecule has 0 spiro atoms. The lowest BCUT2D eigenvalue weighted by atomic mass is 9.73. The van der Waals surface area contributed by atoms with Gasteiger partial charge in [0, 0.05) is 24.7 Å². The molecular weight excluding hydrogens is 256 g/mol. The molecule has 1 rings (SSSR count). The summed E-state index contributed by atoms with van der Waals surface area (Å²) < 4.78 is 0. The molecule has 126 valence electrons. The molecule has 1 saturated carbocycles. The van der Waals surface area contributed by atoms with Gasteiger partial charge in [0.15, 0.2) is 0 Å². The number of hydrogen-bond donors (Lipinski definition) is 1. The van der Waals surface area contributed by atoms with Crippen LogP contribution in [0.4, 0.5) is 0 Å². The molecule has 0 heterocycles. The quantitative estimate of drug-likeness (QED) is 0.733. The van der Waals surface area contributed by atoms with Gasteiger partial charge < -0.3 is 10.2 Å². The van der Waals surface area contributed by atoms with Gasteiger partial charge in [-0.05, 0) is 65.3 Å². The van der Waals surface area contributed by atoms with Gasteiger partial charge in [-0.25, -0.2) is 0 Å². The predicted molar refractivity (Wildman–Crippen MR) is 94.8 cm³/mol. The first-order valence-electron chi connectivity index (χ1n) is 9.09. The number of nitrogens with zero attached hydrogens (tertiary/aromatic N) is 1. The van der Waals surface area contributed by atoms with Gasteiger partial charge in [0.25, 0.3) is 0 Å². The minimum atomic E-state index is 0.229.